The van der Waals surface area contributed by atoms with Gasteiger partial charge in [0.25, 0.3) is 0 Å². The van der Waals surface area contributed by atoms with Crippen LogP contribution in [0.15, 0.2) is 84.9 Å². The summed E-state index contributed by atoms with van der Waals surface area (Å²) in [4.78, 5) is 0. The summed E-state index contributed by atoms with van der Waals surface area (Å²) in [5.74, 6) is 2.31. The van der Waals surface area contributed by atoms with E-state index < -0.39 is 6.10 Å². The molecule has 1 saturated heterocycles. The van der Waals surface area contributed by atoms with Crippen molar-refractivity contribution in [2.24, 2.45) is 0 Å². The number of piperidine rings is 1. The molecule has 0 aromatic heterocycles. The minimum atomic E-state index is -0.943. The van der Waals surface area contributed by atoms with Gasteiger partial charge in [-0.05, 0) is 46.8 Å². The highest BCUT2D eigenvalue weighted by molar-refractivity contribution is 5.89. The van der Waals surface area contributed by atoms with Crippen LogP contribution in [0, 0.1) is 0 Å². The van der Waals surface area contributed by atoms with Gasteiger partial charge in [0.1, 0.15) is 23.4 Å². The first-order valence-corrected chi connectivity index (χ1v) is 15.8. The normalized spacial score (nSPS) is 18.7. The number of para-hydroxylation sites is 1. The predicted molar refractivity (Wildman–Crippen MR) is 177 cm³/mol. The standard InChI is InChI=1S/C37H45NO8/c1-41-33-11-6-4-9-29(33)24-43-16-7-17-44-31-14-12-27(13-15-31)37-35(20-38-21-36(37)46-25-30(40)22-39)45-23-26-18-28-8-3-5-10-32(28)34(19-26)42-2/h3-6,8-15,18-19,30,35-40H,7,16-17,20-25H2,1-2H3/t30-,35+,36-,37-/m1/s1. The van der Waals surface area contributed by atoms with Gasteiger partial charge in [-0.3, -0.25) is 0 Å². The van der Waals surface area contributed by atoms with Gasteiger partial charge < -0.3 is 44.0 Å². The fourth-order valence-corrected chi connectivity index (χ4v) is 5.83. The van der Waals surface area contributed by atoms with Crippen LogP contribution in [-0.2, 0) is 27.4 Å². The van der Waals surface area contributed by atoms with Gasteiger partial charge >= 0.3 is 0 Å². The molecule has 46 heavy (non-hydrogen) atoms. The van der Waals surface area contributed by atoms with E-state index in [4.69, 9.17) is 28.4 Å². The Balaban J connectivity index is 1.20. The predicted octanol–water partition coefficient (Wildman–Crippen LogP) is 4.85. The zero-order chi connectivity index (χ0) is 32.1. The third-order valence-corrected chi connectivity index (χ3v) is 8.19. The monoisotopic (exact) mass is 631 g/mol. The van der Waals surface area contributed by atoms with E-state index in [2.05, 4.69) is 29.6 Å². The Morgan fingerprint density at radius 1 is 0.804 bits per heavy atom. The van der Waals surface area contributed by atoms with Gasteiger partial charge in [0.05, 0.1) is 66.1 Å². The molecule has 0 aliphatic carbocycles. The number of nitrogens with one attached hydrogen (secondary N) is 1. The van der Waals surface area contributed by atoms with Crippen LogP contribution in [0.5, 0.6) is 17.2 Å². The lowest BCUT2D eigenvalue weighted by Gasteiger charge is -2.39. The number of hydrogen-bond donors (Lipinski definition) is 3. The van der Waals surface area contributed by atoms with E-state index in [0.717, 1.165) is 51.1 Å². The Labute approximate surface area is 271 Å². The summed E-state index contributed by atoms with van der Waals surface area (Å²) in [5.41, 5.74) is 3.09. The third-order valence-electron chi connectivity index (χ3n) is 8.19. The molecule has 246 valence electrons. The van der Waals surface area contributed by atoms with E-state index in [0.29, 0.717) is 39.5 Å². The number of ether oxygens (including phenoxy) is 6. The summed E-state index contributed by atoms with van der Waals surface area (Å²) in [7, 11) is 3.34. The first kappa shape index (κ1) is 33.7. The Morgan fingerprint density at radius 3 is 2.33 bits per heavy atom. The molecule has 9 heteroatoms. The highest BCUT2D eigenvalue weighted by atomic mass is 16.5. The molecule has 5 rings (SSSR count). The highest BCUT2D eigenvalue weighted by Crippen LogP contribution is 2.33. The zero-order valence-corrected chi connectivity index (χ0v) is 26.6. The van der Waals surface area contributed by atoms with E-state index in [1.807, 2.05) is 60.7 Å². The smallest absolute Gasteiger partial charge is 0.127 e. The fraction of sp³-hybridized carbons (Fsp3) is 0.405. The second-order valence-electron chi connectivity index (χ2n) is 11.4. The van der Waals surface area contributed by atoms with Crippen molar-refractivity contribution >= 4 is 10.8 Å². The van der Waals surface area contributed by atoms with E-state index in [9.17, 15) is 10.2 Å². The van der Waals surface area contributed by atoms with Crippen molar-refractivity contribution in [1.82, 2.24) is 5.32 Å². The van der Waals surface area contributed by atoms with Gasteiger partial charge in [0.15, 0.2) is 0 Å². The fourth-order valence-electron chi connectivity index (χ4n) is 5.83. The van der Waals surface area contributed by atoms with Crippen LogP contribution in [0.25, 0.3) is 10.8 Å². The molecule has 0 radical (unpaired) electrons. The van der Waals surface area contributed by atoms with Crippen LogP contribution in [0.1, 0.15) is 29.0 Å². The Morgan fingerprint density at radius 2 is 1.54 bits per heavy atom. The van der Waals surface area contributed by atoms with Gasteiger partial charge in [-0.15, -0.1) is 0 Å². The highest BCUT2D eigenvalue weighted by Gasteiger charge is 2.36. The minimum Gasteiger partial charge on any atom is -0.496 e. The summed E-state index contributed by atoms with van der Waals surface area (Å²) in [6, 6.07) is 28.2. The second kappa shape index (κ2) is 17.3. The van der Waals surface area contributed by atoms with Crippen molar-refractivity contribution in [3.63, 3.8) is 0 Å². The van der Waals surface area contributed by atoms with E-state index in [-0.39, 0.29) is 31.3 Å². The molecule has 0 bridgehead atoms. The molecule has 0 saturated carbocycles. The lowest BCUT2D eigenvalue weighted by atomic mass is 9.85. The number of rotatable bonds is 17. The molecule has 1 fully saturated rings. The maximum absolute atomic E-state index is 9.98. The molecule has 1 aliphatic rings. The average Bonchev–Trinajstić information content (AvgIpc) is 3.11. The number of methoxy groups -OCH3 is 2. The molecule has 9 nitrogen and oxygen atoms in total. The summed E-state index contributed by atoms with van der Waals surface area (Å²) < 4.78 is 35.6. The van der Waals surface area contributed by atoms with Crippen molar-refractivity contribution in [2.75, 3.05) is 53.7 Å². The average molecular weight is 632 g/mol. The number of aliphatic hydroxyl groups is 2. The summed E-state index contributed by atoms with van der Waals surface area (Å²) in [5, 5.41) is 24.9. The van der Waals surface area contributed by atoms with Crippen LogP contribution < -0.4 is 19.5 Å². The molecule has 1 aliphatic heterocycles. The lowest BCUT2D eigenvalue weighted by Crippen LogP contribution is -2.51. The van der Waals surface area contributed by atoms with Gasteiger partial charge in [-0.25, -0.2) is 0 Å². The molecular weight excluding hydrogens is 586 g/mol. The number of fused-ring (bicyclic) bond motifs is 1. The largest absolute Gasteiger partial charge is 0.496 e. The lowest BCUT2D eigenvalue weighted by molar-refractivity contribution is -0.0833. The van der Waals surface area contributed by atoms with Crippen LogP contribution in [-0.4, -0.2) is 82.3 Å². The van der Waals surface area contributed by atoms with Crippen LogP contribution >= 0.6 is 0 Å². The second-order valence-corrected chi connectivity index (χ2v) is 11.4. The van der Waals surface area contributed by atoms with Gasteiger partial charge in [-0.2, -0.15) is 0 Å². The Hall–Kier alpha value is -3.70. The SMILES string of the molecule is COc1ccccc1COCCCOc1ccc([C@@H]2[C@@H](OCc3cc(OC)c4ccccc4c3)CNC[C@H]2OC[C@H](O)CO)cc1. The minimum absolute atomic E-state index is 0.0360. The van der Waals surface area contributed by atoms with Gasteiger partial charge in [-0.1, -0.05) is 54.6 Å². The Kier molecular flexibility index (Phi) is 12.6. The van der Waals surface area contributed by atoms with Gasteiger partial charge in [0.2, 0.25) is 0 Å². The number of hydrogen-bond acceptors (Lipinski definition) is 9. The van der Waals surface area contributed by atoms with Crippen molar-refractivity contribution < 1.29 is 38.6 Å². The molecule has 0 amide bonds. The Bertz CT molecular complexity index is 1500. The number of aliphatic hydroxyl groups excluding tert-OH is 2. The first-order chi connectivity index (χ1) is 22.6. The van der Waals surface area contributed by atoms with Crippen LogP contribution in [0.2, 0.25) is 0 Å². The van der Waals surface area contributed by atoms with Crippen molar-refractivity contribution in [3.8, 4) is 17.2 Å². The molecular formula is C37H45NO8. The molecule has 3 N–H and O–H groups in total. The van der Waals surface area contributed by atoms with Crippen molar-refractivity contribution in [2.45, 2.75) is 43.9 Å². The maximum Gasteiger partial charge on any atom is 0.127 e. The molecule has 4 aromatic carbocycles. The quantitative estimate of drug-likeness (QED) is 0.141. The van der Waals surface area contributed by atoms with Gasteiger partial charge in [0, 0.05) is 36.4 Å². The zero-order valence-electron chi connectivity index (χ0n) is 26.6. The summed E-state index contributed by atoms with van der Waals surface area (Å²) in [6.45, 7) is 2.92. The summed E-state index contributed by atoms with van der Waals surface area (Å²) in [6.07, 6.45) is -0.654. The first-order valence-electron chi connectivity index (χ1n) is 15.8. The van der Waals surface area contributed by atoms with Crippen LogP contribution in [0.4, 0.5) is 0 Å². The van der Waals surface area contributed by atoms with Crippen molar-refractivity contribution in [3.05, 3.63) is 102 Å². The third kappa shape index (κ3) is 8.97. The molecule has 1 heterocycles. The topological polar surface area (TPSA) is 108 Å². The molecule has 0 unspecified atom stereocenters. The molecule has 0 spiro atoms. The van der Waals surface area contributed by atoms with E-state index in [1.54, 1.807) is 14.2 Å². The summed E-state index contributed by atoms with van der Waals surface area (Å²) >= 11 is 0. The van der Waals surface area contributed by atoms with E-state index >= 15 is 0 Å². The maximum atomic E-state index is 9.98. The molecule has 4 atom stereocenters. The van der Waals surface area contributed by atoms with Crippen LogP contribution in [0.3, 0.4) is 0 Å². The van der Waals surface area contributed by atoms with Crippen molar-refractivity contribution in [1.29, 1.82) is 0 Å². The number of benzene rings is 4. The van der Waals surface area contributed by atoms with E-state index in [1.165, 1.54) is 0 Å². The molecule has 4 aromatic rings.